The summed E-state index contributed by atoms with van der Waals surface area (Å²) >= 11 is 0. The Kier molecular flexibility index (Phi) is 7.63. The number of benzene rings is 3. The van der Waals surface area contributed by atoms with Crippen molar-refractivity contribution in [3.63, 3.8) is 0 Å². The molecule has 0 spiro atoms. The third-order valence-corrected chi connectivity index (χ3v) is 6.46. The minimum absolute atomic E-state index is 0.00880. The topological polar surface area (TPSA) is 92.5 Å². The van der Waals surface area contributed by atoms with E-state index in [1.165, 1.54) is 16.3 Å². The van der Waals surface area contributed by atoms with Crippen LogP contribution in [0.4, 0.5) is 0 Å². The Morgan fingerprint density at radius 3 is 2.33 bits per heavy atom. The Morgan fingerprint density at radius 1 is 0.872 bits per heavy atom. The smallest absolute Gasteiger partial charge is 0.261 e. The van der Waals surface area contributed by atoms with Crippen molar-refractivity contribution in [3.8, 4) is 17.2 Å². The van der Waals surface area contributed by atoms with E-state index in [1.807, 2.05) is 48.5 Å². The van der Waals surface area contributed by atoms with Crippen LogP contribution in [0.3, 0.4) is 0 Å². The maximum absolute atomic E-state index is 13.6. The standard InChI is InChI=1S/C31H27N3O5/c1-37-25-13-10-23(28(17-25)38-2)18-34-29(33-30-26(31(34)36)14-15-32-27(30)19-35)20-39-24-11-8-22(9-12-24)16-21-6-4-3-5-7-21/h3-15,17,19H,16,18,20H2,1-2H3. The molecule has 0 atom stereocenters. The lowest BCUT2D eigenvalue weighted by atomic mass is 10.1. The normalized spacial score (nSPS) is 10.8. The second-order valence-corrected chi connectivity index (χ2v) is 8.90. The third-order valence-electron chi connectivity index (χ3n) is 6.46. The van der Waals surface area contributed by atoms with Gasteiger partial charge in [-0.15, -0.1) is 0 Å². The molecule has 0 aliphatic carbocycles. The molecule has 0 amide bonds. The SMILES string of the molecule is COc1ccc(Cn2c(COc3ccc(Cc4ccccc4)cc3)nc3c(C=O)nccc3c2=O)c(OC)c1. The minimum atomic E-state index is -0.305. The number of aldehydes is 1. The van der Waals surface area contributed by atoms with Gasteiger partial charge in [0, 0.05) is 17.8 Å². The second kappa shape index (κ2) is 11.6. The van der Waals surface area contributed by atoms with Crippen molar-refractivity contribution >= 4 is 17.2 Å². The van der Waals surface area contributed by atoms with Gasteiger partial charge in [0.25, 0.3) is 5.56 Å². The molecule has 39 heavy (non-hydrogen) atoms. The van der Waals surface area contributed by atoms with E-state index < -0.39 is 0 Å². The molecular weight excluding hydrogens is 494 g/mol. The van der Waals surface area contributed by atoms with Crippen LogP contribution in [0.1, 0.15) is 33.0 Å². The van der Waals surface area contributed by atoms with E-state index in [2.05, 4.69) is 22.1 Å². The van der Waals surface area contributed by atoms with Crippen molar-refractivity contribution in [2.24, 2.45) is 0 Å². The average Bonchev–Trinajstić information content (AvgIpc) is 2.98. The van der Waals surface area contributed by atoms with Crippen molar-refractivity contribution in [3.05, 3.63) is 124 Å². The molecule has 2 aromatic heterocycles. The number of methoxy groups -OCH3 is 2. The maximum atomic E-state index is 13.6. The summed E-state index contributed by atoms with van der Waals surface area (Å²) in [5.74, 6) is 2.21. The lowest BCUT2D eigenvalue weighted by molar-refractivity contribution is 0.112. The summed E-state index contributed by atoms with van der Waals surface area (Å²) in [6, 6.07) is 25.0. The fraction of sp³-hybridized carbons (Fsp3) is 0.161. The number of rotatable bonds is 10. The van der Waals surface area contributed by atoms with Gasteiger partial charge in [0.2, 0.25) is 0 Å². The van der Waals surface area contributed by atoms with Crippen LogP contribution in [-0.4, -0.2) is 35.0 Å². The molecule has 0 bridgehead atoms. The Hall–Kier alpha value is -4.98. The van der Waals surface area contributed by atoms with Gasteiger partial charge in [0.05, 0.1) is 26.2 Å². The summed E-state index contributed by atoms with van der Waals surface area (Å²) in [6.07, 6.45) is 2.85. The Balaban J connectivity index is 1.47. The van der Waals surface area contributed by atoms with Crippen LogP contribution in [0.5, 0.6) is 17.2 Å². The van der Waals surface area contributed by atoms with E-state index in [0.717, 1.165) is 17.5 Å². The zero-order valence-electron chi connectivity index (χ0n) is 21.7. The van der Waals surface area contributed by atoms with Gasteiger partial charge >= 0.3 is 0 Å². The molecular formula is C31H27N3O5. The van der Waals surface area contributed by atoms with Gasteiger partial charge in [0.15, 0.2) is 12.1 Å². The molecule has 2 heterocycles. The van der Waals surface area contributed by atoms with Crippen molar-refractivity contribution in [2.75, 3.05) is 14.2 Å². The van der Waals surface area contributed by atoms with Gasteiger partial charge in [0.1, 0.15) is 35.1 Å². The highest BCUT2D eigenvalue weighted by molar-refractivity contribution is 5.92. The van der Waals surface area contributed by atoms with Crippen LogP contribution in [0, 0.1) is 0 Å². The van der Waals surface area contributed by atoms with E-state index in [1.54, 1.807) is 32.4 Å². The first kappa shape index (κ1) is 25.7. The summed E-state index contributed by atoms with van der Waals surface area (Å²) in [4.78, 5) is 34.0. The molecule has 0 unspecified atom stereocenters. The Morgan fingerprint density at radius 2 is 1.62 bits per heavy atom. The van der Waals surface area contributed by atoms with Crippen LogP contribution < -0.4 is 19.8 Å². The molecule has 5 rings (SSSR count). The molecule has 8 nitrogen and oxygen atoms in total. The van der Waals surface area contributed by atoms with Crippen LogP contribution in [-0.2, 0) is 19.6 Å². The van der Waals surface area contributed by atoms with E-state index >= 15 is 0 Å². The maximum Gasteiger partial charge on any atom is 0.261 e. The number of nitrogens with zero attached hydrogens (tertiary/aromatic N) is 3. The summed E-state index contributed by atoms with van der Waals surface area (Å²) in [7, 11) is 3.14. The number of carbonyl (C=O) groups is 1. The summed E-state index contributed by atoms with van der Waals surface area (Å²) < 4.78 is 18.4. The number of ether oxygens (including phenoxy) is 3. The first-order valence-corrected chi connectivity index (χ1v) is 12.4. The molecule has 0 aliphatic rings. The Bertz CT molecular complexity index is 1660. The highest BCUT2D eigenvalue weighted by atomic mass is 16.5. The first-order valence-electron chi connectivity index (χ1n) is 12.4. The summed E-state index contributed by atoms with van der Waals surface area (Å²) in [6.45, 7) is 0.192. The number of pyridine rings is 1. The van der Waals surface area contributed by atoms with Crippen molar-refractivity contribution < 1.29 is 19.0 Å². The van der Waals surface area contributed by atoms with Gasteiger partial charge in [-0.25, -0.2) is 4.98 Å². The van der Waals surface area contributed by atoms with Crippen LogP contribution in [0.15, 0.2) is 89.9 Å². The number of aromatic nitrogens is 3. The van der Waals surface area contributed by atoms with Crippen molar-refractivity contribution in [1.29, 1.82) is 0 Å². The molecule has 3 aromatic carbocycles. The number of carbonyl (C=O) groups excluding carboxylic acids is 1. The van der Waals surface area contributed by atoms with Gasteiger partial charge in [-0.3, -0.25) is 19.1 Å². The Labute approximate surface area is 225 Å². The number of hydrogen-bond donors (Lipinski definition) is 0. The van der Waals surface area contributed by atoms with E-state index in [0.29, 0.717) is 34.7 Å². The molecule has 0 fully saturated rings. The molecule has 0 saturated carbocycles. The van der Waals surface area contributed by atoms with Crippen molar-refractivity contribution in [1.82, 2.24) is 14.5 Å². The van der Waals surface area contributed by atoms with E-state index in [-0.39, 0.29) is 29.9 Å². The summed E-state index contributed by atoms with van der Waals surface area (Å²) in [5, 5.41) is 0.300. The third kappa shape index (κ3) is 5.65. The van der Waals surface area contributed by atoms with Crippen LogP contribution in [0.2, 0.25) is 0 Å². The quantitative estimate of drug-likeness (QED) is 0.243. The lowest BCUT2D eigenvalue weighted by Crippen LogP contribution is -2.27. The van der Waals surface area contributed by atoms with Crippen LogP contribution in [0.25, 0.3) is 10.9 Å². The molecule has 196 valence electrons. The van der Waals surface area contributed by atoms with Crippen LogP contribution >= 0.6 is 0 Å². The second-order valence-electron chi connectivity index (χ2n) is 8.90. The monoisotopic (exact) mass is 521 g/mol. The fourth-order valence-corrected chi connectivity index (χ4v) is 4.41. The van der Waals surface area contributed by atoms with Gasteiger partial charge in [-0.1, -0.05) is 42.5 Å². The molecule has 0 radical (unpaired) electrons. The molecule has 0 N–H and O–H groups in total. The predicted octanol–water partition coefficient (Wildman–Crippen LogP) is 4.84. The molecule has 0 aliphatic heterocycles. The highest BCUT2D eigenvalue weighted by Crippen LogP contribution is 2.26. The molecule has 5 aromatic rings. The van der Waals surface area contributed by atoms with Gasteiger partial charge in [-0.2, -0.15) is 0 Å². The van der Waals surface area contributed by atoms with Crippen molar-refractivity contribution in [2.45, 2.75) is 19.6 Å². The minimum Gasteiger partial charge on any atom is -0.497 e. The lowest BCUT2D eigenvalue weighted by Gasteiger charge is -2.17. The van der Waals surface area contributed by atoms with Gasteiger partial charge < -0.3 is 14.2 Å². The largest absolute Gasteiger partial charge is 0.497 e. The molecule has 0 saturated heterocycles. The number of hydrogen-bond acceptors (Lipinski definition) is 7. The fourth-order valence-electron chi connectivity index (χ4n) is 4.41. The molecule has 8 heteroatoms. The van der Waals surface area contributed by atoms with E-state index in [9.17, 15) is 9.59 Å². The summed E-state index contributed by atoms with van der Waals surface area (Å²) in [5.41, 5.74) is 3.18. The zero-order valence-corrected chi connectivity index (χ0v) is 21.7. The number of fused-ring (bicyclic) bond motifs is 1. The first-order chi connectivity index (χ1) is 19.1. The van der Waals surface area contributed by atoms with E-state index in [4.69, 9.17) is 14.2 Å². The highest BCUT2D eigenvalue weighted by Gasteiger charge is 2.17. The average molecular weight is 522 g/mol. The zero-order chi connectivity index (χ0) is 27.2. The predicted molar refractivity (Wildman–Crippen MR) is 148 cm³/mol. The van der Waals surface area contributed by atoms with Gasteiger partial charge in [-0.05, 0) is 47.9 Å².